The molecule has 1 saturated heterocycles. The van der Waals surface area contributed by atoms with Crippen LogP contribution in [-0.4, -0.2) is 126 Å². The van der Waals surface area contributed by atoms with E-state index < -0.39 is 95.5 Å². The second-order valence-electron chi connectivity index (χ2n) is 17.5. The summed E-state index contributed by atoms with van der Waals surface area (Å²) in [7, 11) is 0. The fourth-order valence-corrected chi connectivity index (χ4v) is 7.98. The lowest BCUT2D eigenvalue weighted by Crippen LogP contribution is -2.60. The molecule has 9 amide bonds. The number of primary amides is 1. The Hall–Kier alpha value is -7.56. The Bertz CT molecular complexity index is 2340. The lowest BCUT2D eigenvalue weighted by atomic mass is 10.0. The van der Waals surface area contributed by atoms with Crippen LogP contribution in [0, 0.1) is 0 Å². The van der Waals surface area contributed by atoms with Gasteiger partial charge in [0.15, 0.2) is 5.96 Å². The molecule has 3 aromatic rings. The average Bonchev–Trinajstić information content (AvgIpc) is 3.74. The highest BCUT2D eigenvalue weighted by Crippen LogP contribution is 2.19. The maximum absolute atomic E-state index is 14.5. The Balaban J connectivity index is 1.74. The molecule has 386 valence electrons. The van der Waals surface area contributed by atoms with Crippen LogP contribution < -0.4 is 65.5 Å². The minimum atomic E-state index is -1.43. The molecule has 2 unspecified atom stereocenters. The van der Waals surface area contributed by atoms with E-state index in [4.69, 9.17) is 22.9 Å². The molecule has 1 aromatic heterocycles. The molecule has 17 N–H and O–H groups in total. The molecule has 7 atom stereocenters. The van der Waals surface area contributed by atoms with E-state index >= 15 is 0 Å². The van der Waals surface area contributed by atoms with E-state index in [0.29, 0.717) is 24.0 Å². The molecule has 1 aliphatic rings. The van der Waals surface area contributed by atoms with Crippen LogP contribution in [0.15, 0.2) is 65.8 Å². The number of aromatic nitrogens is 1. The first kappa shape index (κ1) is 56.0. The molecule has 1 fully saturated rings. The Morgan fingerprint density at radius 3 is 2.08 bits per heavy atom. The number of carbonyl (C=O) groups excluding carboxylic acids is 9. The first-order valence-corrected chi connectivity index (χ1v) is 24.0. The average molecular weight is 987 g/mol. The standard InChI is InChI=1S/C48H70N14O9/c1-3-4-15-33(56-28(2)63)42(66)59-36-19-20-40(64)53-24-21-37(46(70)61-38(41(50)65)26-30-27-55-32-16-9-8-14-31(30)32)60-43(67)35(18-11-23-54-48(51)52)58-47(71)39(25-29-12-6-5-7-13-29)62-44(68)34(17-10-22-49)57-45(36)69/h5-9,12-14,16,27,33-39,55H,3-4,10-11,15,17-26,49H2,1-2H3,(H2,50,65)(H,53,64)(H,56,63)(H,57,69)(H,58,71)(H,59,66)(H,60,67)(H,61,70)(H,62,68)(H4,51,52,54)/t33-,34-,35?,36-,37?,38-,39+/m0/s1. The number of nitrogens with one attached hydrogen (secondary N) is 9. The monoisotopic (exact) mass is 987 g/mol. The van der Waals surface area contributed by atoms with Crippen molar-refractivity contribution >= 4 is 70.0 Å². The number of H-pyrrole nitrogens is 1. The number of fused-ring (bicyclic) bond motifs is 1. The summed E-state index contributed by atoms with van der Waals surface area (Å²) in [4.78, 5) is 131. The van der Waals surface area contributed by atoms with Crippen molar-refractivity contribution in [3.05, 3.63) is 71.9 Å². The van der Waals surface area contributed by atoms with Gasteiger partial charge in [0.1, 0.15) is 42.3 Å². The van der Waals surface area contributed by atoms with E-state index in [1.807, 2.05) is 31.2 Å². The maximum atomic E-state index is 14.5. The number of amides is 9. The zero-order valence-electron chi connectivity index (χ0n) is 40.4. The first-order valence-electron chi connectivity index (χ1n) is 24.0. The van der Waals surface area contributed by atoms with Crippen molar-refractivity contribution in [2.24, 2.45) is 27.9 Å². The SMILES string of the molecule is CCCC[C@H](NC(C)=O)C(=O)N[C@H]1CCC(=O)NCCC(C(=O)N[C@@H](Cc2c[nH]c3ccccc23)C(N)=O)NC(=O)C(CCCN=C(N)N)NC(=O)[C@@H](Cc2ccccc2)NC(=O)[C@H](CCCN)NC1=O. The van der Waals surface area contributed by atoms with Gasteiger partial charge in [0.25, 0.3) is 0 Å². The van der Waals surface area contributed by atoms with E-state index in [9.17, 15) is 43.2 Å². The highest BCUT2D eigenvalue weighted by atomic mass is 16.2. The van der Waals surface area contributed by atoms with Crippen LogP contribution in [0.3, 0.4) is 0 Å². The smallest absolute Gasteiger partial charge is 0.243 e. The molecule has 0 radical (unpaired) electrons. The van der Waals surface area contributed by atoms with Crippen molar-refractivity contribution in [3.63, 3.8) is 0 Å². The predicted octanol–water partition coefficient (Wildman–Crippen LogP) is -1.87. The minimum Gasteiger partial charge on any atom is -0.370 e. The molecule has 0 aliphatic carbocycles. The number of rotatable bonds is 20. The first-order chi connectivity index (χ1) is 34.0. The Labute approximate surface area is 412 Å². The Morgan fingerprint density at radius 1 is 0.761 bits per heavy atom. The van der Waals surface area contributed by atoms with Gasteiger partial charge in [-0.2, -0.15) is 0 Å². The highest BCUT2D eigenvalue weighted by Gasteiger charge is 2.35. The van der Waals surface area contributed by atoms with Crippen LogP contribution >= 0.6 is 0 Å². The van der Waals surface area contributed by atoms with Gasteiger partial charge in [-0.25, -0.2) is 0 Å². The van der Waals surface area contributed by atoms with E-state index in [0.717, 1.165) is 10.9 Å². The normalized spacial score (nSPS) is 20.4. The summed E-state index contributed by atoms with van der Waals surface area (Å²) in [5.41, 5.74) is 24.8. The fraction of sp³-hybridized carbons (Fsp3) is 0.500. The molecule has 1 aliphatic heterocycles. The predicted molar refractivity (Wildman–Crippen MR) is 265 cm³/mol. The summed E-state index contributed by atoms with van der Waals surface area (Å²) in [5, 5.41) is 22.2. The molecule has 23 heteroatoms. The number of aromatic amines is 1. The molecule has 2 heterocycles. The van der Waals surface area contributed by atoms with Crippen LogP contribution in [0.1, 0.15) is 89.2 Å². The Kier molecular flexibility index (Phi) is 22.7. The topological polar surface area (TPSA) is 382 Å². The van der Waals surface area contributed by atoms with Gasteiger partial charge in [-0.05, 0) is 68.7 Å². The van der Waals surface area contributed by atoms with Crippen molar-refractivity contribution in [3.8, 4) is 0 Å². The van der Waals surface area contributed by atoms with Crippen LogP contribution in [0.4, 0.5) is 0 Å². The van der Waals surface area contributed by atoms with Crippen molar-refractivity contribution in [2.45, 2.75) is 133 Å². The molecule has 2 aromatic carbocycles. The van der Waals surface area contributed by atoms with Gasteiger partial charge in [-0.15, -0.1) is 0 Å². The largest absolute Gasteiger partial charge is 0.370 e. The number of guanidine groups is 1. The van der Waals surface area contributed by atoms with Crippen LogP contribution in [-0.2, 0) is 56.0 Å². The van der Waals surface area contributed by atoms with E-state index in [1.165, 1.54) is 6.92 Å². The van der Waals surface area contributed by atoms with Gasteiger partial charge in [0, 0.05) is 56.4 Å². The second-order valence-corrected chi connectivity index (χ2v) is 17.5. The lowest BCUT2D eigenvalue weighted by Gasteiger charge is -2.28. The van der Waals surface area contributed by atoms with Crippen LogP contribution in [0.2, 0.25) is 0 Å². The van der Waals surface area contributed by atoms with Crippen LogP contribution in [0.25, 0.3) is 10.9 Å². The number of aliphatic imine (C=N–C) groups is 1. The molecule has 71 heavy (non-hydrogen) atoms. The zero-order chi connectivity index (χ0) is 51.9. The van der Waals surface area contributed by atoms with Crippen molar-refractivity contribution in [1.82, 2.24) is 47.5 Å². The van der Waals surface area contributed by atoms with Crippen molar-refractivity contribution in [2.75, 3.05) is 19.6 Å². The number of carbonyl (C=O) groups is 9. The fourth-order valence-electron chi connectivity index (χ4n) is 7.98. The van der Waals surface area contributed by atoms with Gasteiger partial charge in [-0.1, -0.05) is 68.3 Å². The van der Waals surface area contributed by atoms with Gasteiger partial charge >= 0.3 is 0 Å². The maximum Gasteiger partial charge on any atom is 0.243 e. The number of benzene rings is 2. The number of unbranched alkanes of at least 4 members (excludes halogenated alkanes) is 1. The molecule has 0 bridgehead atoms. The summed E-state index contributed by atoms with van der Waals surface area (Å²) in [6.45, 7) is 3.14. The van der Waals surface area contributed by atoms with Gasteiger partial charge in [0.2, 0.25) is 53.2 Å². The zero-order valence-corrected chi connectivity index (χ0v) is 40.4. The second kappa shape index (κ2) is 28.8. The number of nitrogens with zero attached hydrogens (tertiary/aromatic N) is 1. The molecule has 4 rings (SSSR count). The molecule has 23 nitrogen and oxygen atoms in total. The molecular formula is C48H70N14O9. The van der Waals surface area contributed by atoms with Crippen molar-refractivity contribution < 1.29 is 43.2 Å². The third kappa shape index (κ3) is 18.7. The van der Waals surface area contributed by atoms with Gasteiger partial charge < -0.3 is 70.5 Å². The summed E-state index contributed by atoms with van der Waals surface area (Å²) >= 11 is 0. The molecular weight excluding hydrogens is 917 g/mol. The third-order valence-corrected chi connectivity index (χ3v) is 11.8. The number of nitrogens with two attached hydrogens (primary N) is 4. The summed E-state index contributed by atoms with van der Waals surface area (Å²) in [5.74, 6) is -6.90. The number of para-hydroxylation sites is 1. The lowest BCUT2D eigenvalue weighted by molar-refractivity contribution is -0.136. The van der Waals surface area contributed by atoms with Gasteiger partial charge in [0.05, 0.1) is 0 Å². The number of hydrogen-bond acceptors (Lipinski definition) is 11. The quantitative estimate of drug-likeness (QED) is 0.0337. The summed E-state index contributed by atoms with van der Waals surface area (Å²) in [6, 6.07) is 6.98. The van der Waals surface area contributed by atoms with Crippen molar-refractivity contribution in [1.29, 1.82) is 0 Å². The third-order valence-electron chi connectivity index (χ3n) is 11.8. The Morgan fingerprint density at radius 2 is 1.41 bits per heavy atom. The highest BCUT2D eigenvalue weighted by molar-refractivity contribution is 5.98. The van der Waals surface area contributed by atoms with E-state index in [1.54, 1.807) is 36.5 Å². The summed E-state index contributed by atoms with van der Waals surface area (Å²) < 4.78 is 0. The number of hydrogen-bond donors (Lipinski definition) is 13. The molecule has 0 spiro atoms. The summed E-state index contributed by atoms with van der Waals surface area (Å²) in [6.07, 6.45) is 2.68. The molecule has 0 saturated carbocycles. The van der Waals surface area contributed by atoms with E-state index in [2.05, 4.69) is 52.5 Å². The van der Waals surface area contributed by atoms with Gasteiger partial charge in [-0.3, -0.25) is 48.1 Å². The van der Waals surface area contributed by atoms with E-state index in [-0.39, 0.29) is 89.8 Å². The van der Waals surface area contributed by atoms with Crippen LogP contribution in [0.5, 0.6) is 0 Å². The minimum absolute atomic E-state index is 0.0109.